The quantitative estimate of drug-likeness (QED) is 0.868. The Bertz CT molecular complexity index is 788. The second-order valence-electron chi connectivity index (χ2n) is 7.49. The standard InChI is InChI=1S/C16H23N5O4/c1-15(2,3)24-6-16-5-23-10(11(16)22-4)14(25-16)21-8-20-9-12(17)18-7-19-13(9)21/h7-8,10-11,14H,5-6H2,1-4H3,(H2,17,18,19)/t10?,11?,14-,16-/m1/s1. The molecule has 2 N–H and O–H groups in total. The molecule has 2 aliphatic rings. The largest absolute Gasteiger partial charge is 0.382 e. The van der Waals surface area contributed by atoms with Crippen LogP contribution in [0.2, 0.25) is 0 Å². The average molecular weight is 349 g/mol. The molecule has 4 atom stereocenters. The van der Waals surface area contributed by atoms with Crippen molar-refractivity contribution in [3.05, 3.63) is 12.7 Å². The van der Waals surface area contributed by atoms with Gasteiger partial charge >= 0.3 is 0 Å². The molecular weight excluding hydrogens is 326 g/mol. The highest BCUT2D eigenvalue weighted by Crippen LogP contribution is 2.47. The van der Waals surface area contributed by atoms with Gasteiger partial charge in [0.25, 0.3) is 0 Å². The van der Waals surface area contributed by atoms with Crippen LogP contribution in [0.15, 0.2) is 12.7 Å². The Morgan fingerprint density at radius 2 is 2.16 bits per heavy atom. The van der Waals surface area contributed by atoms with Crippen LogP contribution >= 0.6 is 0 Å². The number of nitrogen functional groups attached to an aromatic ring is 1. The lowest BCUT2D eigenvalue weighted by Gasteiger charge is -2.33. The Labute approximate surface area is 145 Å². The van der Waals surface area contributed by atoms with Crippen molar-refractivity contribution in [3.63, 3.8) is 0 Å². The van der Waals surface area contributed by atoms with Gasteiger partial charge in [-0.1, -0.05) is 0 Å². The summed E-state index contributed by atoms with van der Waals surface area (Å²) in [6.45, 7) is 6.83. The number of ether oxygens (including phenoxy) is 4. The van der Waals surface area contributed by atoms with Gasteiger partial charge in [0.2, 0.25) is 0 Å². The third kappa shape index (κ3) is 2.58. The van der Waals surface area contributed by atoms with E-state index in [1.807, 2.05) is 25.3 Å². The molecule has 0 spiro atoms. The zero-order chi connectivity index (χ0) is 17.8. The van der Waals surface area contributed by atoms with Crippen molar-refractivity contribution in [2.75, 3.05) is 26.1 Å². The van der Waals surface area contributed by atoms with E-state index >= 15 is 0 Å². The third-order valence-electron chi connectivity index (χ3n) is 4.64. The van der Waals surface area contributed by atoms with E-state index in [1.54, 1.807) is 13.4 Å². The molecule has 2 aromatic heterocycles. The summed E-state index contributed by atoms with van der Waals surface area (Å²) in [6.07, 6.45) is 2.13. The minimum Gasteiger partial charge on any atom is -0.382 e. The first-order chi connectivity index (χ1) is 11.8. The molecule has 2 fully saturated rings. The predicted octanol–water partition coefficient (Wildman–Crippen LogP) is 0.905. The second-order valence-corrected chi connectivity index (χ2v) is 7.49. The van der Waals surface area contributed by atoms with Crippen molar-refractivity contribution in [1.82, 2.24) is 19.5 Å². The van der Waals surface area contributed by atoms with Crippen LogP contribution in [-0.2, 0) is 18.9 Å². The summed E-state index contributed by atoms with van der Waals surface area (Å²) in [4.78, 5) is 12.6. The number of fused-ring (bicyclic) bond motifs is 3. The summed E-state index contributed by atoms with van der Waals surface area (Å²) in [7, 11) is 1.66. The monoisotopic (exact) mass is 349 g/mol. The van der Waals surface area contributed by atoms with Crippen LogP contribution in [0.25, 0.3) is 11.2 Å². The molecule has 0 aromatic carbocycles. The van der Waals surface area contributed by atoms with Gasteiger partial charge in [-0.15, -0.1) is 0 Å². The fraction of sp³-hybridized carbons (Fsp3) is 0.688. The second kappa shape index (κ2) is 5.60. The fourth-order valence-corrected chi connectivity index (χ4v) is 3.46. The van der Waals surface area contributed by atoms with Gasteiger partial charge in [0.15, 0.2) is 17.7 Å². The molecule has 4 heterocycles. The summed E-state index contributed by atoms with van der Waals surface area (Å²) < 4.78 is 25.9. The Hall–Kier alpha value is -1.81. The zero-order valence-electron chi connectivity index (χ0n) is 14.8. The van der Waals surface area contributed by atoms with Crippen LogP contribution in [0, 0.1) is 0 Å². The Balaban J connectivity index is 1.67. The van der Waals surface area contributed by atoms with E-state index in [1.165, 1.54) is 6.33 Å². The van der Waals surface area contributed by atoms with Gasteiger partial charge in [-0.05, 0) is 20.8 Å². The van der Waals surface area contributed by atoms with Crippen LogP contribution in [0.3, 0.4) is 0 Å². The van der Waals surface area contributed by atoms with Crippen LogP contribution in [0.5, 0.6) is 0 Å². The number of methoxy groups -OCH3 is 1. The maximum atomic E-state index is 6.39. The number of hydrogen-bond acceptors (Lipinski definition) is 8. The van der Waals surface area contributed by atoms with Crippen LogP contribution < -0.4 is 5.73 Å². The van der Waals surface area contributed by atoms with E-state index in [0.29, 0.717) is 30.2 Å². The molecule has 9 heteroatoms. The van der Waals surface area contributed by atoms with Gasteiger partial charge in [0, 0.05) is 7.11 Å². The smallest absolute Gasteiger partial charge is 0.167 e. The third-order valence-corrected chi connectivity index (χ3v) is 4.64. The van der Waals surface area contributed by atoms with Crippen LogP contribution in [0.4, 0.5) is 5.82 Å². The van der Waals surface area contributed by atoms with E-state index in [0.717, 1.165) is 0 Å². The molecule has 2 unspecified atom stereocenters. The molecule has 2 bridgehead atoms. The number of rotatable bonds is 4. The Kier molecular flexibility index (Phi) is 3.73. The van der Waals surface area contributed by atoms with E-state index in [4.69, 9.17) is 24.7 Å². The number of nitrogens with two attached hydrogens (primary N) is 1. The van der Waals surface area contributed by atoms with Gasteiger partial charge in [0.05, 0.1) is 25.1 Å². The van der Waals surface area contributed by atoms with Gasteiger partial charge in [0.1, 0.15) is 29.7 Å². The average Bonchev–Trinajstić information content (AvgIpc) is 3.22. The summed E-state index contributed by atoms with van der Waals surface area (Å²) in [5.74, 6) is 0.335. The molecule has 4 rings (SSSR count). The highest BCUT2D eigenvalue weighted by atomic mass is 16.7. The molecule has 136 valence electrons. The van der Waals surface area contributed by atoms with Crippen molar-refractivity contribution in [2.24, 2.45) is 0 Å². The summed E-state index contributed by atoms with van der Waals surface area (Å²) in [5, 5.41) is 0. The van der Waals surface area contributed by atoms with E-state index in [9.17, 15) is 0 Å². The first-order valence-electron chi connectivity index (χ1n) is 8.24. The van der Waals surface area contributed by atoms with Crippen molar-refractivity contribution in [2.45, 2.75) is 50.4 Å². The van der Waals surface area contributed by atoms with Gasteiger partial charge in [-0.2, -0.15) is 0 Å². The molecule has 2 saturated heterocycles. The van der Waals surface area contributed by atoms with Gasteiger partial charge in [-0.25, -0.2) is 15.0 Å². The summed E-state index contributed by atoms with van der Waals surface area (Å²) in [5.41, 5.74) is 6.08. The van der Waals surface area contributed by atoms with Gasteiger partial charge < -0.3 is 24.7 Å². The maximum Gasteiger partial charge on any atom is 0.167 e. The Morgan fingerprint density at radius 1 is 1.36 bits per heavy atom. The number of aromatic nitrogens is 4. The van der Waals surface area contributed by atoms with E-state index in [-0.39, 0.29) is 17.8 Å². The van der Waals surface area contributed by atoms with Crippen molar-refractivity contribution in [1.29, 1.82) is 0 Å². The first kappa shape index (κ1) is 16.6. The van der Waals surface area contributed by atoms with Crippen LogP contribution in [-0.4, -0.2) is 63.3 Å². The summed E-state index contributed by atoms with van der Waals surface area (Å²) >= 11 is 0. The summed E-state index contributed by atoms with van der Waals surface area (Å²) in [6, 6.07) is 0. The van der Waals surface area contributed by atoms with Crippen molar-refractivity contribution < 1.29 is 18.9 Å². The molecular formula is C16H23N5O4. The molecule has 2 aromatic rings. The van der Waals surface area contributed by atoms with Crippen molar-refractivity contribution >= 4 is 17.0 Å². The molecule has 0 amide bonds. The normalized spacial score (nSPS) is 31.9. The minimum absolute atomic E-state index is 0.239. The highest BCUT2D eigenvalue weighted by Gasteiger charge is 2.63. The zero-order valence-corrected chi connectivity index (χ0v) is 14.8. The van der Waals surface area contributed by atoms with E-state index < -0.39 is 11.8 Å². The lowest BCUT2D eigenvalue weighted by Crippen LogP contribution is -2.47. The number of anilines is 1. The first-order valence-corrected chi connectivity index (χ1v) is 8.24. The topological polar surface area (TPSA) is 107 Å². The number of hydrogen-bond donors (Lipinski definition) is 1. The highest BCUT2D eigenvalue weighted by molar-refractivity contribution is 5.81. The van der Waals surface area contributed by atoms with Gasteiger partial charge in [-0.3, -0.25) is 4.57 Å². The van der Waals surface area contributed by atoms with E-state index in [2.05, 4.69) is 15.0 Å². The molecule has 25 heavy (non-hydrogen) atoms. The lowest BCUT2D eigenvalue weighted by atomic mass is 9.99. The SMILES string of the molecule is COC1C2OC[C@]1(COC(C)(C)C)O[C@H]2n1cnc2c(N)ncnc21. The Morgan fingerprint density at radius 3 is 2.88 bits per heavy atom. The number of imidazole rings is 1. The number of nitrogens with zero attached hydrogens (tertiary/aromatic N) is 4. The van der Waals surface area contributed by atoms with Crippen LogP contribution in [0.1, 0.15) is 27.0 Å². The molecule has 2 aliphatic heterocycles. The van der Waals surface area contributed by atoms with Crippen molar-refractivity contribution in [3.8, 4) is 0 Å². The molecule has 0 aliphatic carbocycles. The fourth-order valence-electron chi connectivity index (χ4n) is 3.46. The maximum absolute atomic E-state index is 6.39. The molecule has 0 radical (unpaired) electrons. The molecule has 9 nitrogen and oxygen atoms in total. The minimum atomic E-state index is -0.660. The molecule has 0 saturated carbocycles. The lowest BCUT2D eigenvalue weighted by molar-refractivity contribution is -0.204. The predicted molar refractivity (Wildman–Crippen MR) is 88.8 cm³/mol.